The highest BCUT2D eigenvalue weighted by molar-refractivity contribution is 5.81. The lowest BCUT2D eigenvalue weighted by molar-refractivity contribution is 0.477. The first-order chi connectivity index (χ1) is 9.15. The predicted octanol–water partition coefficient (Wildman–Crippen LogP) is 3.70. The van der Waals surface area contributed by atoms with Gasteiger partial charge in [0.2, 0.25) is 0 Å². The fourth-order valence-corrected chi connectivity index (χ4v) is 1.62. The molecule has 0 aliphatic heterocycles. The summed E-state index contributed by atoms with van der Waals surface area (Å²) in [5.74, 6) is 0.183. The number of anilines is 1. The van der Waals surface area contributed by atoms with Gasteiger partial charge in [-0.2, -0.15) is 0 Å². The Hall–Kier alpha value is -2.55. The SMILES string of the molecule is Cc1ccc(O)c(N=C/C=C/c2ccc(N)cc2)c1. The first-order valence-electron chi connectivity index (χ1n) is 6.01. The molecule has 0 saturated carbocycles. The maximum absolute atomic E-state index is 9.63. The Morgan fingerprint density at radius 2 is 1.84 bits per heavy atom. The van der Waals surface area contributed by atoms with Crippen LogP contribution >= 0.6 is 0 Å². The topological polar surface area (TPSA) is 58.6 Å². The lowest BCUT2D eigenvalue weighted by atomic mass is 10.2. The van der Waals surface area contributed by atoms with Crippen LogP contribution in [0.25, 0.3) is 6.08 Å². The van der Waals surface area contributed by atoms with Gasteiger partial charge in [-0.25, -0.2) is 0 Å². The summed E-state index contributed by atoms with van der Waals surface area (Å²) >= 11 is 0. The van der Waals surface area contributed by atoms with E-state index in [0.29, 0.717) is 5.69 Å². The number of phenols is 1. The highest BCUT2D eigenvalue weighted by atomic mass is 16.3. The van der Waals surface area contributed by atoms with Crippen LogP contribution < -0.4 is 5.73 Å². The van der Waals surface area contributed by atoms with Crippen LogP contribution in [-0.4, -0.2) is 11.3 Å². The third-order valence-corrected chi connectivity index (χ3v) is 2.66. The molecule has 0 heterocycles. The molecule has 2 rings (SSSR count). The van der Waals surface area contributed by atoms with E-state index in [0.717, 1.165) is 16.8 Å². The van der Waals surface area contributed by atoms with E-state index in [-0.39, 0.29) is 5.75 Å². The molecule has 2 aromatic carbocycles. The van der Waals surface area contributed by atoms with Gasteiger partial charge in [0, 0.05) is 11.9 Å². The van der Waals surface area contributed by atoms with Gasteiger partial charge in [-0.1, -0.05) is 24.3 Å². The van der Waals surface area contributed by atoms with Gasteiger partial charge in [-0.05, 0) is 48.4 Å². The molecular weight excluding hydrogens is 236 g/mol. The third-order valence-electron chi connectivity index (χ3n) is 2.66. The van der Waals surface area contributed by atoms with Crippen LogP contribution in [0.4, 0.5) is 11.4 Å². The maximum Gasteiger partial charge on any atom is 0.141 e. The molecule has 0 aliphatic rings. The monoisotopic (exact) mass is 252 g/mol. The summed E-state index contributed by atoms with van der Waals surface area (Å²) in [7, 11) is 0. The van der Waals surface area contributed by atoms with Gasteiger partial charge in [0.25, 0.3) is 0 Å². The van der Waals surface area contributed by atoms with Gasteiger partial charge < -0.3 is 10.8 Å². The van der Waals surface area contributed by atoms with Crippen molar-refractivity contribution in [2.45, 2.75) is 6.92 Å². The molecule has 0 bridgehead atoms. The Morgan fingerprint density at radius 3 is 2.58 bits per heavy atom. The molecule has 3 N–H and O–H groups in total. The second-order valence-corrected chi connectivity index (χ2v) is 4.30. The van der Waals surface area contributed by atoms with Crippen LogP contribution in [0.5, 0.6) is 5.75 Å². The van der Waals surface area contributed by atoms with E-state index >= 15 is 0 Å². The number of benzene rings is 2. The molecule has 3 nitrogen and oxygen atoms in total. The Labute approximate surface area is 112 Å². The second-order valence-electron chi connectivity index (χ2n) is 4.30. The molecule has 0 amide bonds. The molecule has 2 aromatic rings. The van der Waals surface area contributed by atoms with Crippen molar-refractivity contribution < 1.29 is 5.11 Å². The van der Waals surface area contributed by atoms with Crippen molar-refractivity contribution >= 4 is 23.7 Å². The largest absolute Gasteiger partial charge is 0.506 e. The number of nitrogen functional groups attached to an aromatic ring is 1. The van der Waals surface area contributed by atoms with Gasteiger partial charge in [0.15, 0.2) is 0 Å². The summed E-state index contributed by atoms with van der Waals surface area (Å²) in [5.41, 5.74) is 9.04. The predicted molar refractivity (Wildman–Crippen MR) is 80.9 cm³/mol. The van der Waals surface area contributed by atoms with E-state index in [1.54, 1.807) is 12.3 Å². The lowest BCUT2D eigenvalue weighted by Crippen LogP contribution is -1.82. The lowest BCUT2D eigenvalue weighted by Gasteiger charge is -1.98. The van der Waals surface area contributed by atoms with Crippen LogP contribution in [-0.2, 0) is 0 Å². The van der Waals surface area contributed by atoms with Crippen LogP contribution in [0.15, 0.2) is 53.5 Å². The van der Waals surface area contributed by atoms with E-state index in [1.165, 1.54) is 0 Å². The Morgan fingerprint density at radius 1 is 1.11 bits per heavy atom. The minimum absolute atomic E-state index is 0.183. The second kappa shape index (κ2) is 5.87. The average Bonchev–Trinajstić information content (AvgIpc) is 2.40. The first kappa shape index (κ1) is 12.9. The van der Waals surface area contributed by atoms with Crippen molar-refractivity contribution in [3.05, 3.63) is 59.7 Å². The number of aromatic hydroxyl groups is 1. The molecule has 0 spiro atoms. The number of hydrogen-bond donors (Lipinski definition) is 2. The van der Waals surface area contributed by atoms with Gasteiger partial charge in [0.05, 0.1) is 0 Å². The molecule has 0 radical (unpaired) electrons. The van der Waals surface area contributed by atoms with E-state index < -0.39 is 0 Å². The van der Waals surface area contributed by atoms with Crippen molar-refractivity contribution in [3.8, 4) is 5.75 Å². The molecule has 3 heteroatoms. The highest BCUT2D eigenvalue weighted by Gasteiger charge is 1.96. The number of rotatable bonds is 3. The summed E-state index contributed by atoms with van der Waals surface area (Å²) < 4.78 is 0. The van der Waals surface area contributed by atoms with Crippen molar-refractivity contribution in [2.24, 2.45) is 4.99 Å². The molecule has 0 aromatic heterocycles. The number of phenolic OH excluding ortho intramolecular Hbond substituents is 1. The zero-order valence-electron chi connectivity index (χ0n) is 10.7. The van der Waals surface area contributed by atoms with Crippen molar-refractivity contribution in [3.63, 3.8) is 0 Å². The Bertz CT molecular complexity index is 613. The first-order valence-corrected chi connectivity index (χ1v) is 6.01. The molecular formula is C16H16N2O. The van der Waals surface area contributed by atoms with Gasteiger partial charge in [0.1, 0.15) is 11.4 Å². The number of nitrogens with two attached hydrogens (primary N) is 1. The number of allylic oxidation sites excluding steroid dienone is 1. The van der Waals surface area contributed by atoms with E-state index in [9.17, 15) is 5.11 Å². The molecule has 0 saturated heterocycles. The number of nitrogens with zero attached hydrogens (tertiary/aromatic N) is 1. The number of hydrogen-bond acceptors (Lipinski definition) is 3. The maximum atomic E-state index is 9.63. The van der Waals surface area contributed by atoms with Crippen LogP contribution in [0.1, 0.15) is 11.1 Å². The number of aryl methyl sites for hydroxylation is 1. The summed E-state index contributed by atoms with van der Waals surface area (Å²) in [4.78, 5) is 4.21. The van der Waals surface area contributed by atoms with Crippen molar-refractivity contribution in [2.75, 3.05) is 5.73 Å². The normalized spacial score (nSPS) is 11.4. The smallest absolute Gasteiger partial charge is 0.141 e. The summed E-state index contributed by atoms with van der Waals surface area (Å²) in [6.45, 7) is 1.96. The van der Waals surface area contributed by atoms with Crippen LogP contribution in [0, 0.1) is 6.92 Å². The van der Waals surface area contributed by atoms with E-state index in [2.05, 4.69) is 4.99 Å². The third kappa shape index (κ3) is 3.71. The summed E-state index contributed by atoms with van der Waals surface area (Å²) in [5, 5.41) is 9.63. The number of aliphatic imine (C=N–C) groups is 1. The van der Waals surface area contributed by atoms with Gasteiger partial charge in [-0.15, -0.1) is 0 Å². The zero-order chi connectivity index (χ0) is 13.7. The van der Waals surface area contributed by atoms with Gasteiger partial charge in [-0.3, -0.25) is 4.99 Å². The molecule has 0 fully saturated rings. The van der Waals surface area contributed by atoms with Gasteiger partial charge >= 0.3 is 0 Å². The molecule has 19 heavy (non-hydrogen) atoms. The molecule has 0 unspecified atom stereocenters. The van der Waals surface area contributed by atoms with Crippen molar-refractivity contribution in [1.29, 1.82) is 0 Å². The fraction of sp³-hybridized carbons (Fsp3) is 0.0625. The fourth-order valence-electron chi connectivity index (χ4n) is 1.62. The zero-order valence-corrected chi connectivity index (χ0v) is 10.7. The average molecular weight is 252 g/mol. The quantitative estimate of drug-likeness (QED) is 0.646. The minimum Gasteiger partial charge on any atom is -0.506 e. The van der Waals surface area contributed by atoms with Crippen LogP contribution in [0.3, 0.4) is 0 Å². The summed E-state index contributed by atoms with van der Waals surface area (Å²) in [6.07, 6.45) is 5.41. The summed E-state index contributed by atoms with van der Waals surface area (Å²) in [6, 6.07) is 12.9. The van der Waals surface area contributed by atoms with Crippen LogP contribution in [0.2, 0.25) is 0 Å². The Kier molecular flexibility index (Phi) is 3.98. The van der Waals surface area contributed by atoms with E-state index in [1.807, 2.05) is 55.5 Å². The highest BCUT2D eigenvalue weighted by Crippen LogP contribution is 2.26. The molecule has 0 aliphatic carbocycles. The molecule has 96 valence electrons. The minimum atomic E-state index is 0.183. The van der Waals surface area contributed by atoms with E-state index in [4.69, 9.17) is 5.73 Å². The van der Waals surface area contributed by atoms with Crippen molar-refractivity contribution in [1.82, 2.24) is 0 Å². The standard InChI is InChI=1S/C16H16N2O/c1-12-4-9-16(19)15(11-12)18-10-2-3-13-5-7-14(17)8-6-13/h2-11,19H,17H2,1H3/b3-2+,18-10?. The molecule has 0 atom stereocenters. The Balaban J connectivity index is 2.07.